The van der Waals surface area contributed by atoms with Gasteiger partial charge in [0.1, 0.15) is 0 Å². The molecule has 0 atom stereocenters. The third-order valence-corrected chi connectivity index (χ3v) is 4.57. The van der Waals surface area contributed by atoms with E-state index in [1.165, 1.54) is 30.5 Å². The summed E-state index contributed by atoms with van der Waals surface area (Å²) >= 11 is 6.50. The summed E-state index contributed by atoms with van der Waals surface area (Å²) in [6.45, 7) is 11.0. The number of halogens is 1. The fraction of sp³-hybridized carbons (Fsp3) is 0.647. The van der Waals surface area contributed by atoms with E-state index >= 15 is 0 Å². The van der Waals surface area contributed by atoms with Gasteiger partial charge in [-0.3, -0.25) is 0 Å². The van der Waals surface area contributed by atoms with Crippen LogP contribution in [0.3, 0.4) is 0 Å². The first kappa shape index (κ1) is 15.7. The minimum atomic E-state index is 0.464. The van der Waals surface area contributed by atoms with Crippen LogP contribution in [0.4, 0.5) is 5.69 Å². The molecule has 1 aromatic carbocycles. The molecule has 0 bridgehead atoms. The predicted molar refractivity (Wildman–Crippen MR) is 88.7 cm³/mol. The third kappa shape index (κ3) is 4.13. The summed E-state index contributed by atoms with van der Waals surface area (Å²) in [4.78, 5) is 2.45. The maximum Gasteiger partial charge on any atom is 0.0642 e. The van der Waals surface area contributed by atoms with Crippen molar-refractivity contribution in [2.45, 2.75) is 46.6 Å². The Labute approximate surface area is 128 Å². The number of nitrogens with zero attached hydrogens (tertiary/aromatic N) is 1. The number of nitrogens with one attached hydrogen (secondary N) is 1. The monoisotopic (exact) mass is 294 g/mol. The van der Waals surface area contributed by atoms with E-state index in [0.29, 0.717) is 5.41 Å². The summed E-state index contributed by atoms with van der Waals surface area (Å²) in [5.74, 6) is 0. The summed E-state index contributed by atoms with van der Waals surface area (Å²) in [6.07, 6.45) is 3.80. The van der Waals surface area contributed by atoms with E-state index in [2.05, 4.69) is 49.2 Å². The third-order valence-electron chi connectivity index (χ3n) is 4.27. The van der Waals surface area contributed by atoms with Crippen molar-refractivity contribution in [3.05, 3.63) is 28.8 Å². The molecule has 0 aromatic heterocycles. The SMILES string of the molecule is CCNCc1ccc(N2CCCC(C)(C)CC2)c(Cl)c1. The maximum absolute atomic E-state index is 6.50. The molecule has 3 heteroatoms. The van der Waals surface area contributed by atoms with Gasteiger partial charge in [0.25, 0.3) is 0 Å². The number of hydrogen-bond donors (Lipinski definition) is 1. The Balaban J connectivity index is 2.08. The molecule has 20 heavy (non-hydrogen) atoms. The van der Waals surface area contributed by atoms with Crippen molar-refractivity contribution in [3.63, 3.8) is 0 Å². The zero-order valence-electron chi connectivity index (χ0n) is 13.0. The van der Waals surface area contributed by atoms with Gasteiger partial charge >= 0.3 is 0 Å². The molecule has 0 amide bonds. The maximum atomic E-state index is 6.50. The molecule has 1 fully saturated rings. The van der Waals surface area contributed by atoms with Crippen LogP contribution >= 0.6 is 11.6 Å². The minimum Gasteiger partial charge on any atom is -0.370 e. The zero-order chi connectivity index (χ0) is 14.6. The number of hydrogen-bond acceptors (Lipinski definition) is 2. The number of rotatable bonds is 4. The minimum absolute atomic E-state index is 0.464. The van der Waals surface area contributed by atoms with Gasteiger partial charge in [0.15, 0.2) is 0 Å². The van der Waals surface area contributed by atoms with E-state index in [1.54, 1.807) is 0 Å². The second-order valence-electron chi connectivity index (χ2n) is 6.57. The summed E-state index contributed by atoms with van der Waals surface area (Å²) < 4.78 is 0. The van der Waals surface area contributed by atoms with Crippen LogP contribution < -0.4 is 10.2 Å². The van der Waals surface area contributed by atoms with Gasteiger partial charge in [-0.1, -0.05) is 38.4 Å². The first-order valence-corrected chi connectivity index (χ1v) is 8.14. The van der Waals surface area contributed by atoms with Crippen molar-refractivity contribution in [2.24, 2.45) is 5.41 Å². The van der Waals surface area contributed by atoms with E-state index in [0.717, 1.165) is 31.2 Å². The molecular formula is C17H27ClN2. The van der Waals surface area contributed by atoms with Gasteiger partial charge < -0.3 is 10.2 Å². The Kier molecular flexibility index (Phi) is 5.34. The lowest BCUT2D eigenvalue weighted by Gasteiger charge is -2.26. The summed E-state index contributed by atoms with van der Waals surface area (Å²) in [5, 5.41) is 4.23. The van der Waals surface area contributed by atoms with Crippen LogP contribution in [-0.4, -0.2) is 19.6 Å². The smallest absolute Gasteiger partial charge is 0.0642 e. The van der Waals surface area contributed by atoms with E-state index in [-0.39, 0.29) is 0 Å². The van der Waals surface area contributed by atoms with Gasteiger partial charge in [0.2, 0.25) is 0 Å². The van der Waals surface area contributed by atoms with Crippen molar-refractivity contribution >= 4 is 17.3 Å². The first-order chi connectivity index (χ1) is 9.52. The van der Waals surface area contributed by atoms with Crippen LogP contribution in [0.15, 0.2) is 18.2 Å². The molecule has 2 rings (SSSR count). The Morgan fingerprint density at radius 1 is 1.25 bits per heavy atom. The van der Waals surface area contributed by atoms with E-state index in [1.807, 2.05) is 0 Å². The fourth-order valence-corrected chi connectivity index (χ4v) is 3.17. The summed E-state index contributed by atoms with van der Waals surface area (Å²) in [5.41, 5.74) is 2.92. The van der Waals surface area contributed by atoms with E-state index in [4.69, 9.17) is 11.6 Å². The highest BCUT2D eigenvalue weighted by molar-refractivity contribution is 6.33. The molecule has 1 aliphatic heterocycles. The standard InChI is InChI=1S/C17H27ClN2/c1-4-19-13-14-6-7-16(15(18)12-14)20-10-5-8-17(2,3)9-11-20/h6-7,12,19H,4-5,8-11,13H2,1-3H3. The van der Waals surface area contributed by atoms with Crippen LogP contribution in [0.1, 0.15) is 45.6 Å². The number of anilines is 1. The van der Waals surface area contributed by atoms with Crippen LogP contribution in [0.2, 0.25) is 5.02 Å². The van der Waals surface area contributed by atoms with Gasteiger partial charge in [-0.2, -0.15) is 0 Å². The lowest BCUT2D eigenvalue weighted by molar-refractivity contribution is 0.325. The summed E-state index contributed by atoms with van der Waals surface area (Å²) in [7, 11) is 0. The molecule has 0 radical (unpaired) electrons. The quantitative estimate of drug-likeness (QED) is 0.881. The topological polar surface area (TPSA) is 15.3 Å². The van der Waals surface area contributed by atoms with Crippen LogP contribution in [0, 0.1) is 5.41 Å². The molecule has 0 saturated carbocycles. The average Bonchev–Trinajstić information content (AvgIpc) is 2.58. The van der Waals surface area contributed by atoms with Crippen LogP contribution in [-0.2, 0) is 6.54 Å². The van der Waals surface area contributed by atoms with Crippen molar-refractivity contribution < 1.29 is 0 Å². The van der Waals surface area contributed by atoms with Crippen molar-refractivity contribution in [2.75, 3.05) is 24.5 Å². The fourth-order valence-electron chi connectivity index (χ4n) is 2.85. The second-order valence-corrected chi connectivity index (χ2v) is 6.98. The molecule has 1 saturated heterocycles. The molecule has 1 heterocycles. The zero-order valence-corrected chi connectivity index (χ0v) is 13.8. The van der Waals surface area contributed by atoms with Gasteiger partial charge in [0, 0.05) is 19.6 Å². The first-order valence-electron chi connectivity index (χ1n) is 7.76. The molecule has 1 aliphatic rings. The molecular weight excluding hydrogens is 268 g/mol. The van der Waals surface area contributed by atoms with Crippen LogP contribution in [0.5, 0.6) is 0 Å². The highest BCUT2D eigenvalue weighted by Crippen LogP contribution is 2.34. The predicted octanol–water partition coefficient (Wildman–Crippen LogP) is 4.47. The Morgan fingerprint density at radius 2 is 2.05 bits per heavy atom. The Morgan fingerprint density at radius 3 is 2.75 bits per heavy atom. The Bertz CT molecular complexity index is 443. The van der Waals surface area contributed by atoms with Crippen molar-refractivity contribution in [3.8, 4) is 0 Å². The van der Waals surface area contributed by atoms with Gasteiger partial charge in [-0.25, -0.2) is 0 Å². The largest absolute Gasteiger partial charge is 0.370 e. The molecule has 0 unspecified atom stereocenters. The van der Waals surface area contributed by atoms with Crippen molar-refractivity contribution in [1.82, 2.24) is 5.32 Å². The molecule has 0 aliphatic carbocycles. The van der Waals surface area contributed by atoms with E-state index in [9.17, 15) is 0 Å². The molecule has 112 valence electrons. The van der Waals surface area contributed by atoms with Crippen LogP contribution in [0.25, 0.3) is 0 Å². The highest BCUT2D eigenvalue weighted by Gasteiger charge is 2.23. The average molecular weight is 295 g/mol. The Hall–Kier alpha value is -0.730. The molecule has 1 aromatic rings. The van der Waals surface area contributed by atoms with Gasteiger partial charge in [-0.15, -0.1) is 0 Å². The number of benzene rings is 1. The van der Waals surface area contributed by atoms with E-state index < -0.39 is 0 Å². The molecule has 1 N–H and O–H groups in total. The van der Waals surface area contributed by atoms with Crippen molar-refractivity contribution in [1.29, 1.82) is 0 Å². The summed E-state index contributed by atoms with van der Waals surface area (Å²) in [6, 6.07) is 6.49. The normalized spacial score (nSPS) is 18.9. The lowest BCUT2D eigenvalue weighted by atomic mass is 9.85. The highest BCUT2D eigenvalue weighted by atomic mass is 35.5. The molecule has 0 spiro atoms. The van der Waals surface area contributed by atoms with Gasteiger partial charge in [-0.05, 0) is 48.9 Å². The lowest BCUT2D eigenvalue weighted by Crippen LogP contribution is -2.25. The molecule has 2 nitrogen and oxygen atoms in total. The van der Waals surface area contributed by atoms with Gasteiger partial charge in [0.05, 0.1) is 10.7 Å². The second kappa shape index (κ2) is 6.82.